The summed E-state index contributed by atoms with van der Waals surface area (Å²) in [6.07, 6.45) is -4.68. The number of nitrogens with zero attached hydrogens (tertiary/aromatic N) is 3. The number of nitro benzene ring substituents is 1. The highest BCUT2D eigenvalue weighted by atomic mass is 19.4. The van der Waals surface area contributed by atoms with Crippen LogP contribution in [0.4, 0.5) is 30.2 Å². The molecule has 0 aliphatic carbocycles. The molecule has 31 heavy (non-hydrogen) atoms. The third-order valence-electron chi connectivity index (χ3n) is 4.86. The first-order valence-corrected chi connectivity index (χ1v) is 9.34. The van der Waals surface area contributed by atoms with Crippen molar-refractivity contribution in [2.45, 2.75) is 13.1 Å². The number of hydrogen-bond donors (Lipinski definition) is 1. The Bertz CT molecular complexity index is 1000. The van der Waals surface area contributed by atoms with Gasteiger partial charge >= 0.3 is 6.18 Å². The lowest BCUT2D eigenvalue weighted by molar-refractivity contribution is -0.384. The van der Waals surface area contributed by atoms with Crippen LogP contribution in [0.2, 0.25) is 0 Å². The Labute approximate surface area is 175 Å². The number of benzene rings is 2. The Balaban J connectivity index is 1.70. The van der Waals surface area contributed by atoms with Crippen molar-refractivity contribution in [2.24, 2.45) is 0 Å². The molecule has 1 heterocycles. The quantitative estimate of drug-likeness (QED) is 0.584. The third-order valence-corrected chi connectivity index (χ3v) is 4.86. The summed E-state index contributed by atoms with van der Waals surface area (Å²) in [5, 5.41) is 13.9. The summed E-state index contributed by atoms with van der Waals surface area (Å²) in [5.41, 5.74) is -0.640. The summed E-state index contributed by atoms with van der Waals surface area (Å²) in [6, 6.07) is 8.83. The zero-order chi connectivity index (χ0) is 22.8. The van der Waals surface area contributed by atoms with E-state index in [4.69, 9.17) is 0 Å². The molecule has 0 spiro atoms. The van der Waals surface area contributed by atoms with Crippen LogP contribution in [0, 0.1) is 10.1 Å². The molecule has 1 saturated heterocycles. The van der Waals surface area contributed by atoms with E-state index < -0.39 is 22.4 Å². The van der Waals surface area contributed by atoms with E-state index in [9.17, 15) is 32.9 Å². The molecule has 0 aromatic heterocycles. The van der Waals surface area contributed by atoms with E-state index in [1.165, 1.54) is 6.92 Å². The number of halogens is 3. The van der Waals surface area contributed by atoms with Gasteiger partial charge in [-0.25, -0.2) is 0 Å². The molecule has 1 fully saturated rings. The highest BCUT2D eigenvalue weighted by Gasteiger charge is 2.34. The van der Waals surface area contributed by atoms with Crippen molar-refractivity contribution in [2.75, 3.05) is 36.4 Å². The fraction of sp³-hybridized carbons (Fsp3) is 0.300. The summed E-state index contributed by atoms with van der Waals surface area (Å²) in [5.74, 6) is -0.469. The first-order chi connectivity index (χ1) is 14.6. The first-order valence-electron chi connectivity index (χ1n) is 9.34. The Kier molecular flexibility index (Phi) is 6.14. The van der Waals surface area contributed by atoms with Crippen molar-refractivity contribution in [3.05, 3.63) is 63.7 Å². The summed E-state index contributed by atoms with van der Waals surface area (Å²) >= 11 is 0. The SMILES string of the molecule is CC(=O)Nc1ccc(C(=O)N2CCN(c3ccc(C(F)(F)F)cc3[N+](=O)[O-])CC2)cc1. The standard InChI is InChI=1S/C20H19F3N4O4/c1-13(28)24-16-5-2-14(3-6-16)19(29)26-10-8-25(9-11-26)17-7-4-15(20(21,22)23)12-18(17)27(30)31/h2-7,12H,8-11H2,1H3,(H,24,28). The number of anilines is 2. The number of rotatable bonds is 4. The summed E-state index contributed by atoms with van der Waals surface area (Å²) in [4.78, 5) is 37.4. The molecule has 164 valence electrons. The number of carbonyl (C=O) groups is 2. The summed E-state index contributed by atoms with van der Waals surface area (Å²) < 4.78 is 38.7. The van der Waals surface area contributed by atoms with E-state index in [1.54, 1.807) is 34.1 Å². The highest BCUT2D eigenvalue weighted by molar-refractivity contribution is 5.95. The van der Waals surface area contributed by atoms with E-state index in [0.717, 1.165) is 12.1 Å². The molecular formula is C20H19F3N4O4. The minimum absolute atomic E-state index is 0.0877. The van der Waals surface area contributed by atoms with E-state index in [2.05, 4.69) is 5.32 Å². The molecule has 2 aromatic rings. The van der Waals surface area contributed by atoms with Crippen molar-refractivity contribution >= 4 is 28.9 Å². The van der Waals surface area contributed by atoms with Crippen molar-refractivity contribution < 1.29 is 27.7 Å². The summed E-state index contributed by atoms with van der Waals surface area (Å²) in [6.45, 7) is 2.36. The predicted molar refractivity (Wildman–Crippen MR) is 107 cm³/mol. The molecule has 8 nitrogen and oxygen atoms in total. The lowest BCUT2D eigenvalue weighted by Gasteiger charge is -2.36. The fourth-order valence-corrected chi connectivity index (χ4v) is 3.35. The third kappa shape index (κ3) is 5.11. The monoisotopic (exact) mass is 436 g/mol. The lowest BCUT2D eigenvalue weighted by Crippen LogP contribution is -2.49. The van der Waals surface area contributed by atoms with E-state index >= 15 is 0 Å². The minimum Gasteiger partial charge on any atom is -0.362 e. The van der Waals surface area contributed by atoms with E-state index in [0.29, 0.717) is 17.3 Å². The molecule has 0 bridgehead atoms. The highest BCUT2D eigenvalue weighted by Crippen LogP contribution is 2.36. The van der Waals surface area contributed by atoms with Crippen LogP contribution in [-0.4, -0.2) is 47.8 Å². The maximum Gasteiger partial charge on any atom is 0.416 e. The van der Waals surface area contributed by atoms with Gasteiger partial charge in [-0.2, -0.15) is 13.2 Å². The number of nitro groups is 1. The maximum absolute atomic E-state index is 12.9. The Hall–Kier alpha value is -3.63. The number of hydrogen-bond acceptors (Lipinski definition) is 5. The minimum atomic E-state index is -4.68. The van der Waals surface area contributed by atoms with Crippen molar-refractivity contribution in [1.82, 2.24) is 4.90 Å². The normalized spacial score (nSPS) is 14.3. The van der Waals surface area contributed by atoms with Gasteiger partial charge in [-0.05, 0) is 36.4 Å². The van der Waals surface area contributed by atoms with Crippen LogP contribution in [0.5, 0.6) is 0 Å². The smallest absolute Gasteiger partial charge is 0.362 e. The fourth-order valence-electron chi connectivity index (χ4n) is 3.35. The molecule has 1 aliphatic rings. The molecule has 2 aromatic carbocycles. The van der Waals surface area contributed by atoms with Crippen molar-refractivity contribution in [3.63, 3.8) is 0 Å². The average molecular weight is 436 g/mol. The predicted octanol–water partition coefficient (Wildman–Crippen LogP) is 3.53. The van der Waals surface area contributed by atoms with Crippen LogP contribution >= 0.6 is 0 Å². The number of alkyl halides is 3. The Morgan fingerprint density at radius 1 is 1.03 bits per heavy atom. The van der Waals surface area contributed by atoms with Crippen LogP contribution in [0.25, 0.3) is 0 Å². The molecule has 11 heteroatoms. The van der Waals surface area contributed by atoms with Gasteiger partial charge in [0.05, 0.1) is 10.5 Å². The molecule has 1 aliphatic heterocycles. The second kappa shape index (κ2) is 8.62. The second-order valence-corrected chi connectivity index (χ2v) is 7.00. The molecule has 0 saturated carbocycles. The maximum atomic E-state index is 12.9. The molecular weight excluding hydrogens is 417 g/mol. The van der Waals surface area contributed by atoms with Gasteiger partial charge in [-0.1, -0.05) is 0 Å². The molecule has 0 unspecified atom stereocenters. The van der Waals surface area contributed by atoms with Gasteiger partial charge in [0.2, 0.25) is 5.91 Å². The van der Waals surface area contributed by atoms with Gasteiger partial charge in [-0.3, -0.25) is 19.7 Å². The van der Waals surface area contributed by atoms with Gasteiger partial charge in [0.25, 0.3) is 11.6 Å². The number of piperazine rings is 1. The molecule has 1 N–H and O–H groups in total. The number of amides is 2. The van der Waals surface area contributed by atoms with Gasteiger partial charge in [0, 0.05) is 50.4 Å². The van der Waals surface area contributed by atoms with E-state index in [-0.39, 0.29) is 43.7 Å². The largest absolute Gasteiger partial charge is 0.416 e. The van der Waals surface area contributed by atoms with Gasteiger partial charge in [-0.15, -0.1) is 0 Å². The molecule has 3 rings (SSSR count). The van der Waals surface area contributed by atoms with Crippen LogP contribution in [0.3, 0.4) is 0 Å². The average Bonchev–Trinajstić information content (AvgIpc) is 2.72. The first kappa shape index (κ1) is 22.1. The van der Waals surface area contributed by atoms with Crippen molar-refractivity contribution in [3.8, 4) is 0 Å². The molecule has 0 radical (unpaired) electrons. The van der Waals surface area contributed by atoms with Crippen LogP contribution in [-0.2, 0) is 11.0 Å². The molecule has 2 amide bonds. The van der Waals surface area contributed by atoms with Crippen LogP contribution < -0.4 is 10.2 Å². The molecule has 0 atom stereocenters. The van der Waals surface area contributed by atoms with E-state index in [1.807, 2.05) is 0 Å². The van der Waals surface area contributed by atoms with Gasteiger partial charge < -0.3 is 15.1 Å². The Morgan fingerprint density at radius 3 is 2.16 bits per heavy atom. The topological polar surface area (TPSA) is 95.8 Å². The van der Waals surface area contributed by atoms with Crippen LogP contribution in [0.1, 0.15) is 22.8 Å². The zero-order valence-electron chi connectivity index (χ0n) is 16.5. The summed E-state index contributed by atoms with van der Waals surface area (Å²) in [7, 11) is 0. The van der Waals surface area contributed by atoms with Gasteiger partial charge in [0.15, 0.2) is 0 Å². The Morgan fingerprint density at radius 2 is 1.65 bits per heavy atom. The van der Waals surface area contributed by atoms with Crippen molar-refractivity contribution in [1.29, 1.82) is 0 Å². The van der Waals surface area contributed by atoms with Gasteiger partial charge in [0.1, 0.15) is 5.69 Å². The lowest BCUT2D eigenvalue weighted by atomic mass is 10.1. The zero-order valence-corrected chi connectivity index (χ0v) is 16.5. The van der Waals surface area contributed by atoms with Crippen LogP contribution in [0.15, 0.2) is 42.5 Å². The number of nitrogens with one attached hydrogen (secondary N) is 1. The second-order valence-electron chi connectivity index (χ2n) is 7.00. The number of carbonyl (C=O) groups excluding carboxylic acids is 2.